The summed E-state index contributed by atoms with van der Waals surface area (Å²) in [6.45, 7) is 6.87. The highest BCUT2D eigenvalue weighted by Crippen LogP contribution is 2.21. The van der Waals surface area contributed by atoms with Crippen LogP contribution < -0.4 is 10.2 Å². The molecular weight excluding hydrogens is 340 g/mol. The van der Waals surface area contributed by atoms with Crippen molar-refractivity contribution in [3.05, 3.63) is 65.0 Å². The molecule has 1 aromatic heterocycles. The van der Waals surface area contributed by atoms with Gasteiger partial charge in [-0.25, -0.2) is 0 Å². The Kier molecular flexibility index (Phi) is 5.66. The van der Waals surface area contributed by atoms with Gasteiger partial charge >= 0.3 is 0 Å². The number of hydrogen-bond acceptors (Lipinski definition) is 4. The van der Waals surface area contributed by atoms with Crippen LogP contribution in [0.15, 0.2) is 47.0 Å². The van der Waals surface area contributed by atoms with Gasteiger partial charge in [-0.1, -0.05) is 53.2 Å². The summed E-state index contributed by atoms with van der Waals surface area (Å²) in [6.07, 6.45) is 0. The maximum absolute atomic E-state index is 12.4. The summed E-state index contributed by atoms with van der Waals surface area (Å²) in [7, 11) is 1.93. The lowest BCUT2D eigenvalue weighted by atomic mass is 10.1. The molecule has 140 valence electrons. The Morgan fingerprint density at radius 3 is 2.44 bits per heavy atom. The topological polar surface area (TPSA) is 72.5 Å². The average Bonchev–Trinajstić information content (AvgIpc) is 3.07. The molecule has 1 unspecified atom stereocenters. The fraction of sp³-hybridized carbons (Fsp3) is 0.286. The van der Waals surface area contributed by atoms with Crippen molar-refractivity contribution in [3.8, 4) is 11.4 Å². The third-order valence-corrected chi connectivity index (χ3v) is 4.36. The first kappa shape index (κ1) is 18.8. The maximum Gasteiger partial charge on any atom is 0.282 e. The minimum absolute atomic E-state index is 0.0367. The number of likely N-dealkylation sites (N-methyl/N-ethyl adjacent to an activating group) is 1. The van der Waals surface area contributed by atoms with Crippen molar-refractivity contribution in [2.24, 2.45) is 0 Å². The molecule has 6 heteroatoms. The Labute approximate surface area is 159 Å². The SMILES string of the molecule is Cc1cc(C)c(NC(=O)C[NH+](C)Cc2nc(-c3ccccc3)no2)c(C)c1. The van der Waals surface area contributed by atoms with Gasteiger partial charge < -0.3 is 14.7 Å². The van der Waals surface area contributed by atoms with E-state index in [1.165, 1.54) is 5.56 Å². The van der Waals surface area contributed by atoms with Crippen LogP contribution >= 0.6 is 0 Å². The quantitative estimate of drug-likeness (QED) is 0.703. The largest absolute Gasteiger partial charge is 0.333 e. The van der Waals surface area contributed by atoms with Crippen molar-refractivity contribution in [3.63, 3.8) is 0 Å². The van der Waals surface area contributed by atoms with E-state index >= 15 is 0 Å². The van der Waals surface area contributed by atoms with Crippen molar-refractivity contribution in [2.75, 3.05) is 18.9 Å². The fourth-order valence-electron chi connectivity index (χ4n) is 3.19. The Balaban J connectivity index is 1.59. The summed E-state index contributed by atoms with van der Waals surface area (Å²) in [5, 5.41) is 7.04. The van der Waals surface area contributed by atoms with Crippen LogP contribution in [0, 0.1) is 20.8 Å². The minimum atomic E-state index is -0.0367. The maximum atomic E-state index is 12.4. The van der Waals surface area contributed by atoms with Crippen molar-refractivity contribution in [1.82, 2.24) is 10.1 Å². The molecule has 27 heavy (non-hydrogen) atoms. The van der Waals surface area contributed by atoms with E-state index < -0.39 is 0 Å². The van der Waals surface area contributed by atoms with Gasteiger partial charge in [0.2, 0.25) is 5.82 Å². The van der Waals surface area contributed by atoms with Crippen molar-refractivity contribution in [2.45, 2.75) is 27.3 Å². The molecule has 0 aliphatic carbocycles. The first-order valence-corrected chi connectivity index (χ1v) is 8.99. The van der Waals surface area contributed by atoms with E-state index in [1.54, 1.807) is 0 Å². The molecule has 3 rings (SSSR count). The van der Waals surface area contributed by atoms with E-state index in [0.717, 1.165) is 27.3 Å². The Hall–Kier alpha value is -2.99. The highest BCUT2D eigenvalue weighted by atomic mass is 16.5. The van der Waals surface area contributed by atoms with Gasteiger partial charge in [-0.2, -0.15) is 4.98 Å². The normalized spacial score (nSPS) is 12.0. The van der Waals surface area contributed by atoms with Crippen molar-refractivity contribution in [1.29, 1.82) is 0 Å². The molecule has 2 N–H and O–H groups in total. The van der Waals surface area contributed by atoms with Crippen molar-refractivity contribution < 1.29 is 14.2 Å². The third kappa shape index (κ3) is 4.80. The molecule has 0 bridgehead atoms. The molecule has 0 aliphatic rings. The summed E-state index contributed by atoms with van der Waals surface area (Å²) in [6, 6.07) is 13.8. The zero-order chi connectivity index (χ0) is 19.4. The molecule has 1 atom stereocenters. The summed E-state index contributed by atoms with van der Waals surface area (Å²) < 4.78 is 5.33. The monoisotopic (exact) mass is 365 g/mol. The van der Waals surface area contributed by atoms with E-state index in [-0.39, 0.29) is 5.91 Å². The van der Waals surface area contributed by atoms with Crippen LogP contribution in [0.25, 0.3) is 11.4 Å². The van der Waals surface area contributed by atoms with Crippen LogP contribution in [-0.4, -0.2) is 29.6 Å². The Bertz CT molecular complexity index is 911. The first-order valence-electron chi connectivity index (χ1n) is 8.99. The van der Waals surface area contributed by atoms with Crippen LogP contribution in [0.1, 0.15) is 22.6 Å². The van der Waals surface area contributed by atoms with Gasteiger partial charge in [0.05, 0.1) is 7.05 Å². The number of nitrogens with one attached hydrogen (secondary N) is 2. The summed E-state index contributed by atoms with van der Waals surface area (Å²) in [4.78, 5) is 17.8. The third-order valence-electron chi connectivity index (χ3n) is 4.36. The molecular formula is C21H25N4O2+. The number of nitrogens with zero attached hydrogens (tertiary/aromatic N) is 2. The molecule has 1 heterocycles. The molecule has 0 fully saturated rings. The number of rotatable bonds is 6. The smallest absolute Gasteiger partial charge is 0.282 e. The van der Waals surface area contributed by atoms with Gasteiger partial charge in [-0.05, 0) is 31.9 Å². The van der Waals surface area contributed by atoms with Crippen LogP contribution in [0.3, 0.4) is 0 Å². The lowest BCUT2D eigenvalue weighted by Crippen LogP contribution is -3.08. The number of aryl methyl sites for hydroxylation is 3. The van der Waals surface area contributed by atoms with Crippen LogP contribution in [0.4, 0.5) is 5.69 Å². The number of hydrogen-bond donors (Lipinski definition) is 2. The van der Waals surface area contributed by atoms with Crippen LogP contribution in [0.2, 0.25) is 0 Å². The predicted octanol–water partition coefficient (Wildman–Crippen LogP) is 2.32. The second-order valence-corrected chi connectivity index (χ2v) is 7.01. The molecule has 0 aliphatic heterocycles. The van der Waals surface area contributed by atoms with E-state index in [4.69, 9.17) is 4.52 Å². The summed E-state index contributed by atoms with van der Waals surface area (Å²) in [5.41, 5.74) is 5.14. The molecule has 0 radical (unpaired) electrons. The summed E-state index contributed by atoms with van der Waals surface area (Å²) in [5.74, 6) is 1.04. The molecule has 0 spiro atoms. The second-order valence-electron chi connectivity index (χ2n) is 7.01. The number of amides is 1. The first-order chi connectivity index (χ1) is 12.9. The molecule has 3 aromatic rings. The lowest BCUT2D eigenvalue weighted by Gasteiger charge is -2.15. The fourth-order valence-corrected chi connectivity index (χ4v) is 3.19. The van der Waals surface area contributed by atoms with Gasteiger partial charge in [0, 0.05) is 11.3 Å². The van der Waals surface area contributed by atoms with Gasteiger partial charge in [-0.3, -0.25) is 4.79 Å². The second kappa shape index (κ2) is 8.14. The van der Waals surface area contributed by atoms with E-state index in [9.17, 15) is 4.79 Å². The average molecular weight is 365 g/mol. The number of benzene rings is 2. The predicted molar refractivity (Wildman–Crippen MR) is 104 cm³/mol. The zero-order valence-electron chi connectivity index (χ0n) is 16.2. The molecule has 0 saturated heterocycles. The van der Waals surface area contributed by atoms with Gasteiger partial charge in [0.1, 0.15) is 0 Å². The molecule has 1 amide bonds. The lowest BCUT2D eigenvalue weighted by molar-refractivity contribution is -0.886. The molecule has 6 nitrogen and oxygen atoms in total. The highest BCUT2D eigenvalue weighted by Gasteiger charge is 2.17. The van der Waals surface area contributed by atoms with Crippen LogP contribution in [0.5, 0.6) is 0 Å². The van der Waals surface area contributed by atoms with Gasteiger partial charge in [0.25, 0.3) is 11.8 Å². The van der Waals surface area contributed by atoms with Gasteiger partial charge in [-0.15, -0.1) is 0 Å². The number of quaternary nitrogens is 1. The number of aromatic nitrogens is 2. The van der Waals surface area contributed by atoms with E-state index in [2.05, 4.69) is 34.5 Å². The number of carbonyl (C=O) groups is 1. The Morgan fingerprint density at radius 2 is 1.78 bits per heavy atom. The number of carbonyl (C=O) groups excluding carboxylic acids is 1. The zero-order valence-corrected chi connectivity index (χ0v) is 16.2. The van der Waals surface area contributed by atoms with E-state index in [0.29, 0.717) is 24.8 Å². The molecule has 2 aromatic carbocycles. The highest BCUT2D eigenvalue weighted by molar-refractivity contribution is 5.93. The van der Waals surface area contributed by atoms with Gasteiger partial charge in [0.15, 0.2) is 13.1 Å². The van der Waals surface area contributed by atoms with E-state index in [1.807, 2.05) is 51.2 Å². The van der Waals surface area contributed by atoms with Crippen molar-refractivity contribution >= 4 is 11.6 Å². The Morgan fingerprint density at radius 1 is 1.11 bits per heavy atom. The summed E-state index contributed by atoms with van der Waals surface area (Å²) >= 11 is 0. The number of anilines is 1. The molecule has 0 saturated carbocycles. The minimum Gasteiger partial charge on any atom is -0.333 e. The standard InChI is InChI=1S/C21H24N4O2/c1-14-10-15(2)20(16(3)11-14)22-18(26)12-25(4)13-19-23-21(24-27-19)17-8-6-5-7-9-17/h5-11H,12-13H2,1-4H3,(H,22,26)/p+1. The van der Waals surface area contributed by atoms with Crippen LogP contribution in [-0.2, 0) is 11.3 Å².